The molecule has 2 nitrogen and oxygen atoms in total. The molecule has 1 heterocycles. The van der Waals surface area contributed by atoms with Crippen molar-refractivity contribution in [3.05, 3.63) is 16.1 Å². The summed E-state index contributed by atoms with van der Waals surface area (Å²) in [5.74, 6) is 2.59. The van der Waals surface area contributed by atoms with Crippen molar-refractivity contribution in [2.75, 3.05) is 13.1 Å². The summed E-state index contributed by atoms with van der Waals surface area (Å²) in [4.78, 5) is 4.37. The van der Waals surface area contributed by atoms with Crippen LogP contribution in [0.4, 0.5) is 0 Å². The van der Waals surface area contributed by atoms with E-state index >= 15 is 0 Å². The van der Waals surface area contributed by atoms with Crippen LogP contribution in [0.2, 0.25) is 0 Å². The van der Waals surface area contributed by atoms with Gasteiger partial charge in [0, 0.05) is 31.3 Å². The average molecular weight is 194 g/mol. The maximum absolute atomic E-state index is 5.12. The van der Waals surface area contributed by atoms with Crippen LogP contribution in [0, 0.1) is 19.3 Å². The summed E-state index contributed by atoms with van der Waals surface area (Å²) >= 11 is 1.70. The largest absolute Gasteiger partial charge is 0.315 e. The van der Waals surface area contributed by atoms with Gasteiger partial charge in [0.05, 0.1) is 10.7 Å². The average Bonchev–Trinajstić information content (AvgIpc) is 2.51. The van der Waals surface area contributed by atoms with Crippen molar-refractivity contribution in [2.24, 2.45) is 0 Å². The van der Waals surface area contributed by atoms with E-state index in [1.807, 2.05) is 6.92 Å². The van der Waals surface area contributed by atoms with Gasteiger partial charge < -0.3 is 5.32 Å². The summed E-state index contributed by atoms with van der Waals surface area (Å²) in [7, 11) is 0. The Balaban J connectivity index is 2.10. The van der Waals surface area contributed by atoms with Crippen LogP contribution in [-0.4, -0.2) is 18.1 Å². The molecule has 1 aromatic rings. The van der Waals surface area contributed by atoms with Crippen molar-refractivity contribution in [1.29, 1.82) is 0 Å². The van der Waals surface area contributed by atoms with Crippen LogP contribution in [0.1, 0.15) is 17.1 Å². The van der Waals surface area contributed by atoms with E-state index in [2.05, 4.69) is 21.6 Å². The highest BCUT2D eigenvalue weighted by atomic mass is 32.1. The lowest BCUT2D eigenvalue weighted by Crippen LogP contribution is -2.18. The first-order valence-corrected chi connectivity index (χ1v) is 5.26. The van der Waals surface area contributed by atoms with Gasteiger partial charge in [-0.05, 0) is 6.92 Å². The molecule has 1 aromatic heterocycles. The van der Waals surface area contributed by atoms with Gasteiger partial charge in [-0.1, -0.05) is 0 Å². The van der Waals surface area contributed by atoms with Crippen LogP contribution in [0.25, 0.3) is 0 Å². The van der Waals surface area contributed by atoms with E-state index in [9.17, 15) is 0 Å². The number of hydrogen-bond donors (Lipinski definition) is 1. The smallest absolute Gasteiger partial charge is 0.0897 e. The van der Waals surface area contributed by atoms with Gasteiger partial charge in [0.25, 0.3) is 0 Å². The number of aryl methyl sites for hydroxylation is 1. The van der Waals surface area contributed by atoms with Gasteiger partial charge in [-0.3, -0.25) is 0 Å². The molecule has 0 aromatic carbocycles. The normalized spacial score (nSPS) is 9.85. The zero-order chi connectivity index (χ0) is 9.52. The monoisotopic (exact) mass is 194 g/mol. The molecule has 0 unspecified atom stereocenters. The summed E-state index contributed by atoms with van der Waals surface area (Å²) in [5, 5.41) is 6.51. The molecule has 3 heteroatoms. The second-order valence-electron chi connectivity index (χ2n) is 2.81. The van der Waals surface area contributed by atoms with E-state index in [0.29, 0.717) is 0 Å². The fourth-order valence-electron chi connectivity index (χ4n) is 1.03. The van der Waals surface area contributed by atoms with Gasteiger partial charge in [-0.15, -0.1) is 23.7 Å². The minimum atomic E-state index is 0.802. The molecular formula is C10H14N2S. The molecule has 0 saturated heterocycles. The lowest BCUT2D eigenvalue weighted by molar-refractivity contribution is 0.688. The van der Waals surface area contributed by atoms with E-state index in [1.165, 1.54) is 5.69 Å². The minimum Gasteiger partial charge on any atom is -0.315 e. The SMILES string of the molecule is C#CCCNCCc1csc(C)n1. The first-order valence-electron chi connectivity index (χ1n) is 4.38. The van der Waals surface area contributed by atoms with Crippen LogP contribution in [0.15, 0.2) is 5.38 Å². The summed E-state index contributed by atoms with van der Waals surface area (Å²) in [6.45, 7) is 3.89. The Morgan fingerprint density at radius 2 is 2.46 bits per heavy atom. The number of thiazole rings is 1. The van der Waals surface area contributed by atoms with Crippen molar-refractivity contribution < 1.29 is 0 Å². The third kappa shape index (κ3) is 4.07. The number of terminal acetylenes is 1. The minimum absolute atomic E-state index is 0.802. The molecule has 1 rings (SSSR count). The summed E-state index contributed by atoms with van der Waals surface area (Å²) in [6, 6.07) is 0. The lowest BCUT2D eigenvalue weighted by atomic mass is 10.3. The molecule has 0 aliphatic heterocycles. The summed E-state index contributed by atoms with van der Waals surface area (Å²) in [6.07, 6.45) is 6.92. The maximum Gasteiger partial charge on any atom is 0.0897 e. The molecule has 0 aliphatic carbocycles. The molecule has 1 N–H and O–H groups in total. The maximum atomic E-state index is 5.12. The van der Waals surface area contributed by atoms with Gasteiger partial charge >= 0.3 is 0 Å². The summed E-state index contributed by atoms with van der Waals surface area (Å²) < 4.78 is 0. The first-order chi connectivity index (χ1) is 6.33. The predicted molar refractivity (Wildman–Crippen MR) is 56.9 cm³/mol. The van der Waals surface area contributed by atoms with Crippen molar-refractivity contribution >= 4 is 11.3 Å². The molecule has 0 atom stereocenters. The van der Waals surface area contributed by atoms with Gasteiger partial charge in [-0.2, -0.15) is 0 Å². The van der Waals surface area contributed by atoms with Crippen LogP contribution >= 0.6 is 11.3 Å². The number of nitrogens with one attached hydrogen (secondary N) is 1. The Labute approximate surface area is 83.4 Å². The van der Waals surface area contributed by atoms with E-state index in [-0.39, 0.29) is 0 Å². The molecule has 0 aliphatic rings. The van der Waals surface area contributed by atoms with Gasteiger partial charge in [0.15, 0.2) is 0 Å². The van der Waals surface area contributed by atoms with Gasteiger partial charge in [-0.25, -0.2) is 4.98 Å². The van der Waals surface area contributed by atoms with E-state index in [0.717, 1.165) is 30.9 Å². The zero-order valence-corrected chi connectivity index (χ0v) is 8.66. The second kappa shape index (κ2) is 5.74. The van der Waals surface area contributed by atoms with E-state index in [1.54, 1.807) is 11.3 Å². The molecule has 0 fully saturated rings. The molecule has 0 saturated carbocycles. The van der Waals surface area contributed by atoms with Crippen molar-refractivity contribution in [3.63, 3.8) is 0 Å². The number of aromatic nitrogens is 1. The van der Waals surface area contributed by atoms with Crippen molar-refractivity contribution in [1.82, 2.24) is 10.3 Å². The standard InChI is InChI=1S/C10H14N2S/c1-3-4-6-11-7-5-10-8-13-9(2)12-10/h1,8,11H,4-7H2,2H3. The fraction of sp³-hybridized carbons (Fsp3) is 0.500. The third-order valence-corrected chi connectivity index (χ3v) is 2.49. The predicted octanol–water partition coefficient (Wildman–Crippen LogP) is 1.61. The molecule has 0 radical (unpaired) electrons. The van der Waals surface area contributed by atoms with E-state index < -0.39 is 0 Å². The Bertz CT molecular complexity index is 285. The molecule has 13 heavy (non-hydrogen) atoms. The third-order valence-electron chi connectivity index (χ3n) is 1.67. The highest BCUT2D eigenvalue weighted by Gasteiger charge is 1.96. The molecule has 0 amide bonds. The lowest BCUT2D eigenvalue weighted by Gasteiger charge is -1.99. The van der Waals surface area contributed by atoms with Crippen molar-refractivity contribution in [3.8, 4) is 12.3 Å². The number of nitrogens with zero attached hydrogens (tertiary/aromatic N) is 1. The Kier molecular flexibility index (Phi) is 4.52. The first kappa shape index (κ1) is 10.2. The summed E-state index contributed by atoms with van der Waals surface area (Å²) in [5.41, 5.74) is 1.18. The van der Waals surface area contributed by atoms with Crippen LogP contribution < -0.4 is 5.32 Å². The van der Waals surface area contributed by atoms with E-state index in [4.69, 9.17) is 6.42 Å². The van der Waals surface area contributed by atoms with Gasteiger partial charge in [0.2, 0.25) is 0 Å². The molecule has 70 valence electrons. The Morgan fingerprint density at radius 1 is 1.62 bits per heavy atom. The number of hydrogen-bond acceptors (Lipinski definition) is 3. The van der Waals surface area contributed by atoms with Crippen LogP contribution in [-0.2, 0) is 6.42 Å². The van der Waals surface area contributed by atoms with Crippen LogP contribution in [0.3, 0.4) is 0 Å². The molecule has 0 bridgehead atoms. The van der Waals surface area contributed by atoms with Crippen LogP contribution in [0.5, 0.6) is 0 Å². The molecule has 0 spiro atoms. The zero-order valence-electron chi connectivity index (χ0n) is 7.84. The highest BCUT2D eigenvalue weighted by molar-refractivity contribution is 7.09. The van der Waals surface area contributed by atoms with Crippen molar-refractivity contribution in [2.45, 2.75) is 19.8 Å². The molecular weight excluding hydrogens is 180 g/mol. The topological polar surface area (TPSA) is 24.9 Å². The Hall–Kier alpha value is -0.850. The quantitative estimate of drug-likeness (QED) is 0.569. The Morgan fingerprint density at radius 3 is 3.08 bits per heavy atom. The fourth-order valence-corrected chi connectivity index (χ4v) is 1.67. The number of rotatable bonds is 5. The van der Waals surface area contributed by atoms with Gasteiger partial charge in [0.1, 0.15) is 0 Å². The highest BCUT2D eigenvalue weighted by Crippen LogP contribution is 2.07. The second-order valence-corrected chi connectivity index (χ2v) is 3.87.